The van der Waals surface area contributed by atoms with Gasteiger partial charge in [-0.25, -0.2) is 0 Å². The molecule has 1 aromatic heterocycles. The molecule has 174 valence electrons. The minimum Gasteiger partial charge on any atom is -0.484 e. The number of carbonyl (C=O) groups excluding carboxylic acids is 1. The molecule has 5 aromatic rings. The number of para-hydroxylation sites is 1. The summed E-state index contributed by atoms with van der Waals surface area (Å²) in [6.45, 7) is -0.270. The summed E-state index contributed by atoms with van der Waals surface area (Å²) < 4.78 is 11.6. The van der Waals surface area contributed by atoms with E-state index >= 15 is 0 Å². The molecule has 1 amide bonds. The molecule has 2 atom stereocenters. The Bertz CT molecular complexity index is 1530. The highest BCUT2D eigenvalue weighted by atomic mass is 16.5. The highest BCUT2D eigenvalue weighted by Crippen LogP contribution is 2.29. The number of aliphatic hydroxyl groups excluding tert-OH is 1. The summed E-state index contributed by atoms with van der Waals surface area (Å²) in [5.74, 6) is -0.000143. The van der Waals surface area contributed by atoms with E-state index < -0.39 is 18.1 Å². The average molecular weight is 466 g/mol. The predicted molar refractivity (Wildman–Crippen MR) is 134 cm³/mol. The first-order chi connectivity index (χ1) is 17.1. The van der Waals surface area contributed by atoms with Crippen molar-refractivity contribution in [1.29, 1.82) is 0 Å². The van der Waals surface area contributed by atoms with Gasteiger partial charge in [-0.05, 0) is 35.4 Å². The molecule has 5 rings (SSSR count). The third-order valence-corrected chi connectivity index (χ3v) is 5.85. The molecule has 0 saturated carbocycles. The number of hydrogen-bond acceptors (Lipinski definition) is 5. The zero-order chi connectivity index (χ0) is 24.2. The first-order valence-electron chi connectivity index (χ1n) is 11.3. The zero-order valence-electron chi connectivity index (χ0n) is 18.8. The SMILES string of the molecule is O=C(COc1ccc2c(=O)c3ccccc3oc2c1)N[C@H](c1ccccc1)[C@@H](O)c1ccccc1. The predicted octanol–water partition coefficient (Wildman–Crippen LogP) is 4.92. The van der Waals surface area contributed by atoms with Crippen LogP contribution < -0.4 is 15.5 Å². The summed E-state index contributed by atoms with van der Waals surface area (Å²) in [7, 11) is 0. The molecule has 0 radical (unpaired) electrons. The van der Waals surface area contributed by atoms with Gasteiger partial charge < -0.3 is 19.6 Å². The molecule has 1 heterocycles. The number of hydrogen-bond donors (Lipinski definition) is 2. The van der Waals surface area contributed by atoms with Crippen LogP contribution in [0.3, 0.4) is 0 Å². The number of nitrogens with one attached hydrogen (secondary N) is 1. The Balaban J connectivity index is 1.33. The number of carbonyl (C=O) groups is 1. The molecule has 0 unspecified atom stereocenters. The van der Waals surface area contributed by atoms with Crippen LogP contribution in [-0.2, 0) is 4.79 Å². The molecule has 0 aliphatic heterocycles. The Morgan fingerprint density at radius 1 is 0.800 bits per heavy atom. The monoisotopic (exact) mass is 465 g/mol. The lowest BCUT2D eigenvalue weighted by atomic mass is 9.96. The Hall–Kier alpha value is -4.42. The quantitative estimate of drug-likeness (QED) is 0.333. The fraction of sp³-hybridized carbons (Fsp3) is 0.103. The number of benzene rings is 4. The maximum Gasteiger partial charge on any atom is 0.258 e. The minimum absolute atomic E-state index is 0.119. The molecule has 35 heavy (non-hydrogen) atoms. The van der Waals surface area contributed by atoms with Gasteiger partial charge in [0.15, 0.2) is 6.61 Å². The number of rotatable bonds is 7. The lowest BCUT2D eigenvalue weighted by molar-refractivity contribution is -0.124. The van der Waals surface area contributed by atoms with Crippen molar-refractivity contribution in [3.05, 3.63) is 124 Å². The van der Waals surface area contributed by atoms with Gasteiger partial charge in [0.2, 0.25) is 5.43 Å². The molecule has 4 aromatic carbocycles. The van der Waals surface area contributed by atoms with E-state index in [0.29, 0.717) is 33.3 Å². The van der Waals surface area contributed by atoms with Gasteiger partial charge in [0.05, 0.1) is 16.8 Å². The summed E-state index contributed by atoms with van der Waals surface area (Å²) in [5, 5.41) is 14.8. The van der Waals surface area contributed by atoms with E-state index in [1.54, 1.807) is 42.5 Å². The molecule has 0 aliphatic rings. The van der Waals surface area contributed by atoms with E-state index in [0.717, 1.165) is 5.56 Å². The molecule has 6 heteroatoms. The summed E-state index contributed by atoms with van der Waals surface area (Å²) in [5.41, 5.74) is 2.22. The third kappa shape index (κ3) is 4.78. The lowest BCUT2D eigenvalue weighted by Gasteiger charge is -2.25. The molecular weight excluding hydrogens is 442 g/mol. The molecule has 0 saturated heterocycles. The van der Waals surface area contributed by atoms with Crippen molar-refractivity contribution < 1.29 is 19.1 Å². The molecule has 0 aliphatic carbocycles. The van der Waals surface area contributed by atoms with Crippen molar-refractivity contribution in [3.63, 3.8) is 0 Å². The largest absolute Gasteiger partial charge is 0.484 e. The number of amides is 1. The molecule has 0 spiro atoms. The second kappa shape index (κ2) is 9.83. The zero-order valence-corrected chi connectivity index (χ0v) is 18.8. The number of ether oxygens (including phenoxy) is 1. The summed E-state index contributed by atoms with van der Waals surface area (Å²) >= 11 is 0. The Labute approximate surface area is 201 Å². The van der Waals surface area contributed by atoms with Crippen LogP contribution in [0.1, 0.15) is 23.3 Å². The van der Waals surface area contributed by atoms with E-state index in [1.807, 2.05) is 60.7 Å². The third-order valence-electron chi connectivity index (χ3n) is 5.85. The van der Waals surface area contributed by atoms with E-state index in [2.05, 4.69) is 5.32 Å². The van der Waals surface area contributed by atoms with Gasteiger partial charge in [0.25, 0.3) is 5.91 Å². The first-order valence-corrected chi connectivity index (χ1v) is 11.3. The van der Waals surface area contributed by atoms with Gasteiger partial charge in [0.1, 0.15) is 23.0 Å². The second-order valence-corrected chi connectivity index (χ2v) is 8.19. The standard InChI is InChI=1S/C29H23NO5/c31-26(30-27(19-9-3-1-4-10-19)28(32)20-11-5-2-6-12-20)18-34-21-15-16-23-25(17-21)35-24-14-8-7-13-22(24)29(23)33/h1-17,27-28,32H,18H2,(H,30,31)/t27-,28+/m1/s1. The number of fused-ring (bicyclic) bond motifs is 2. The van der Waals surface area contributed by atoms with E-state index in [1.165, 1.54) is 0 Å². The average Bonchev–Trinajstić information content (AvgIpc) is 2.91. The highest BCUT2D eigenvalue weighted by molar-refractivity contribution is 5.90. The topological polar surface area (TPSA) is 88.8 Å². The molecule has 6 nitrogen and oxygen atoms in total. The fourth-order valence-corrected chi connectivity index (χ4v) is 4.08. The van der Waals surface area contributed by atoms with Crippen LogP contribution in [0.4, 0.5) is 0 Å². The van der Waals surface area contributed by atoms with Crippen molar-refractivity contribution in [2.24, 2.45) is 0 Å². The molecule has 2 N–H and O–H groups in total. The fourth-order valence-electron chi connectivity index (χ4n) is 4.08. The van der Waals surface area contributed by atoms with Crippen molar-refractivity contribution in [2.75, 3.05) is 6.61 Å². The van der Waals surface area contributed by atoms with Crippen molar-refractivity contribution in [1.82, 2.24) is 5.32 Å². The van der Waals surface area contributed by atoms with Gasteiger partial charge in [-0.1, -0.05) is 72.8 Å². The van der Waals surface area contributed by atoms with Crippen molar-refractivity contribution >= 4 is 27.8 Å². The van der Waals surface area contributed by atoms with Crippen molar-refractivity contribution in [2.45, 2.75) is 12.1 Å². The van der Waals surface area contributed by atoms with Gasteiger partial charge in [-0.15, -0.1) is 0 Å². The molecular formula is C29H23NO5. The second-order valence-electron chi connectivity index (χ2n) is 8.19. The Kier molecular flexibility index (Phi) is 6.28. The first kappa shape index (κ1) is 22.4. The summed E-state index contributed by atoms with van der Waals surface area (Å²) in [6, 6.07) is 29.7. The van der Waals surface area contributed by atoms with Gasteiger partial charge in [0, 0.05) is 6.07 Å². The summed E-state index contributed by atoms with van der Waals surface area (Å²) in [6.07, 6.45) is -0.939. The van der Waals surface area contributed by atoms with Gasteiger partial charge in [-0.2, -0.15) is 0 Å². The van der Waals surface area contributed by atoms with E-state index in [-0.39, 0.29) is 12.0 Å². The summed E-state index contributed by atoms with van der Waals surface area (Å²) in [4.78, 5) is 25.5. The molecule has 0 fully saturated rings. The van der Waals surface area contributed by atoms with Crippen LogP contribution >= 0.6 is 0 Å². The van der Waals surface area contributed by atoms with Crippen LogP contribution in [0.2, 0.25) is 0 Å². The number of aliphatic hydroxyl groups is 1. The van der Waals surface area contributed by atoms with Gasteiger partial charge >= 0.3 is 0 Å². The Morgan fingerprint density at radius 2 is 1.43 bits per heavy atom. The van der Waals surface area contributed by atoms with Crippen LogP contribution in [0.25, 0.3) is 21.9 Å². The lowest BCUT2D eigenvalue weighted by Crippen LogP contribution is -2.35. The maximum atomic E-state index is 12.8. The maximum absolute atomic E-state index is 12.8. The van der Waals surface area contributed by atoms with E-state index in [9.17, 15) is 14.7 Å². The van der Waals surface area contributed by atoms with Crippen LogP contribution in [0, 0.1) is 0 Å². The highest BCUT2D eigenvalue weighted by Gasteiger charge is 2.24. The normalized spacial score (nSPS) is 12.8. The minimum atomic E-state index is -0.939. The van der Waals surface area contributed by atoms with E-state index in [4.69, 9.17) is 9.15 Å². The smallest absolute Gasteiger partial charge is 0.258 e. The van der Waals surface area contributed by atoms with Crippen LogP contribution in [0.15, 0.2) is 112 Å². The van der Waals surface area contributed by atoms with Crippen LogP contribution in [0.5, 0.6) is 5.75 Å². The van der Waals surface area contributed by atoms with Crippen LogP contribution in [-0.4, -0.2) is 17.6 Å². The molecule has 0 bridgehead atoms. The Morgan fingerprint density at radius 3 is 2.17 bits per heavy atom. The van der Waals surface area contributed by atoms with Crippen molar-refractivity contribution in [3.8, 4) is 5.75 Å². The van der Waals surface area contributed by atoms with Gasteiger partial charge in [-0.3, -0.25) is 9.59 Å².